The lowest BCUT2D eigenvalue weighted by atomic mass is 10.1. The third-order valence-electron chi connectivity index (χ3n) is 3.68. The van der Waals surface area contributed by atoms with Gasteiger partial charge in [0.25, 0.3) is 0 Å². The molecule has 3 heteroatoms. The van der Waals surface area contributed by atoms with Gasteiger partial charge in [0.1, 0.15) is 5.82 Å². The highest BCUT2D eigenvalue weighted by atomic mass is 15.0. The van der Waals surface area contributed by atoms with Gasteiger partial charge >= 0.3 is 0 Å². The number of nitrogens with zero attached hydrogens (tertiary/aromatic N) is 2. The fourth-order valence-corrected chi connectivity index (χ4v) is 2.37. The molecule has 1 atom stereocenters. The topological polar surface area (TPSA) is 37.8 Å². The standard InChI is InChI=1S/C18H19N3/c1-12-8-10-15(11-9-12)13(2)20-18-14(3)19-16-6-4-5-7-17(16)21-18/h4-11,13H,1-3H3,(H,20,21). The summed E-state index contributed by atoms with van der Waals surface area (Å²) in [5.41, 5.74) is 5.29. The molecule has 3 aromatic rings. The average molecular weight is 277 g/mol. The Labute approximate surface area is 125 Å². The summed E-state index contributed by atoms with van der Waals surface area (Å²) in [6.45, 7) is 6.23. The van der Waals surface area contributed by atoms with Crippen molar-refractivity contribution in [2.45, 2.75) is 26.8 Å². The second-order valence-corrected chi connectivity index (χ2v) is 5.42. The lowest BCUT2D eigenvalue weighted by Crippen LogP contribution is -2.10. The van der Waals surface area contributed by atoms with Crippen LogP contribution in [0.15, 0.2) is 48.5 Å². The van der Waals surface area contributed by atoms with Crippen molar-refractivity contribution in [3.63, 3.8) is 0 Å². The molecule has 3 nitrogen and oxygen atoms in total. The Hall–Kier alpha value is -2.42. The Kier molecular flexibility index (Phi) is 3.57. The second-order valence-electron chi connectivity index (χ2n) is 5.42. The first kappa shape index (κ1) is 13.6. The van der Waals surface area contributed by atoms with Gasteiger partial charge in [-0.2, -0.15) is 0 Å². The fourth-order valence-electron chi connectivity index (χ4n) is 2.37. The molecule has 0 aliphatic carbocycles. The third-order valence-corrected chi connectivity index (χ3v) is 3.68. The van der Waals surface area contributed by atoms with Crippen molar-refractivity contribution in [3.05, 3.63) is 65.4 Å². The zero-order chi connectivity index (χ0) is 14.8. The molecule has 0 fully saturated rings. The molecule has 0 bridgehead atoms. The molecule has 0 aliphatic rings. The minimum absolute atomic E-state index is 0.194. The predicted octanol–water partition coefficient (Wildman–Crippen LogP) is 4.42. The Morgan fingerprint density at radius 1 is 0.857 bits per heavy atom. The Morgan fingerprint density at radius 2 is 1.48 bits per heavy atom. The maximum absolute atomic E-state index is 4.68. The van der Waals surface area contributed by atoms with Crippen molar-refractivity contribution < 1.29 is 0 Å². The molecule has 0 aliphatic heterocycles. The lowest BCUT2D eigenvalue weighted by molar-refractivity contribution is 0.869. The van der Waals surface area contributed by atoms with Crippen LogP contribution in [-0.2, 0) is 0 Å². The van der Waals surface area contributed by atoms with Crippen LogP contribution >= 0.6 is 0 Å². The molecule has 0 saturated carbocycles. The summed E-state index contributed by atoms with van der Waals surface area (Å²) in [6, 6.07) is 16.7. The van der Waals surface area contributed by atoms with Gasteiger partial charge in [-0.25, -0.2) is 9.97 Å². The number of aryl methyl sites for hydroxylation is 2. The van der Waals surface area contributed by atoms with Crippen LogP contribution < -0.4 is 5.32 Å². The molecule has 106 valence electrons. The van der Waals surface area contributed by atoms with E-state index < -0.39 is 0 Å². The maximum Gasteiger partial charge on any atom is 0.148 e. The van der Waals surface area contributed by atoms with Crippen molar-refractivity contribution in [2.75, 3.05) is 5.32 Å². The van der Waals surface area contributed by atoms with Gasteiger partial charge in [0.15, 0.2) is 0 Å². The third kappa shape index (κ3) is 2.87. The average Bonchev–Trinajstić information content (AvgIpc) is 2.48. The van der Waals surface area contributed by atoms with Gasteiger partial charge in [-0.15, -0.1) is 0 Å². The first-order chi connectivity index (χ1) is 10.1. The van der Waals surface area contributed by atoms with E-state index in [1.807, 2.05) is 31.2 Å². The quantitative estimate of drug-likeness (QED) is 0.770. The number of para-hydroxylation sites is 2. The van der Waals surface area contributed by atoms with E-state index in [-0.39, 0.29) is 6.04 Å². The number of rotatable bonds is 3. The zero-order valence-electron chi connectivity index (χ0n) is 12.6. The second kappa shape index (κ2) is 5.52. The largest absolute Gasteiger partial charge is 0.362 e. The van der Waals surface area contributed by atoms with Crippen LogP contribution in [0.2, 0.25) is 0 Å². The van der Waals surface area contributed by atoms with Gasteiger partial charge in [0.05, 0.1) is 22.8 Å². The van der Waals surface area contributed by atoms with Crippen LogP contribution in [0.4, 0.5) is 5.82 Å². The van der Waals surface area contributed by atoms with E-state index in [2.05, 4.69) is 53.4 Å². The molecule has 0 spiro atoms. The normalized spacial score (nSPS) is 12.3. The van der Waals surface area contributed by atoms with E-state index in [0.717, 1.165) is 22.5 Å². The minimum atomic E-state index is 0.194. The maximum atomic E-state index is 4.68. The summed E-state index contributed by atoms with van der Waals surface area (Å²) >= 11 is 0. The summed E-state index contributed by atoms with van der Waals surface area (Å²) in [5, 5.41) is 3.46. The highest BCUT2D eigenvalue weighted by molar-refractivity contribution is 5.76. The van der Waals surface area contributed by atoms with E-state index in [9.17, 15) is 0 Å². The number of fused-ring (bicyclic) bond motifs is 1. The highest BCUT2D eigenvalue weighted by Crippen LogP contribution is 2.22. The molecular weight excluding hydrogens is 258 g/mol. The first-order valence-electron chi connectivity index (χ1n) is 7.20. The van der Waals surface area contributed by atoms with Gasteiger partial charge in [-0.1, -0.05) is 42.0 Å². The number of hydrogen-bond donors (Lipinski definition) is 1. The summed E-state index contributed by atoms with van der Waals surface area (Å²) in [6.07, 6.45) is 0. The van der Waals surface area contributed by atoms with Crippen molar-refractivity contribution in [2.24, 2.45) is 0 Å². The smallest absolute Gasteiger partial charge is 0.148 e. The molecule has 0 radical (unpaired) electrons. The van der Waals surface area contributed by atoms with Crippen molar-refractivity contribution >= 4 is 16.9 Å². The molecule has 0 amide bonds. The van der Waals surface area contributed by atoms with Crippen LogP contribution in [0.3, 0.4) is 0 Å². The molecule has 2 aromatic carbocycles. The van der Waals surface area contributed by atoms with E-state index >= 15 is 0 Å². The molecule has 1 heterocycles. The highest BCUT2D eigenvalue weighted by Gasteiger charge is 2.09. The predicted molar refractivity (Wildman–Crippen MR) is 87.5 cm³/mol. The number of benzene rings is 2. The minimum Gasteiger partial charge on any atom is -0.362 e. The van der Waals surface area contributed by atoms with Crippen molar-refractivity contribution in [3.8, 4) is 0 Å². The Bertz CT molecular complexity index is 763. The van der Waals surface area contributed by atoms with Crippen molar-refractivity contribution in [1.82, 2.24) is 9.97 Å². The van der Waals surface area contributed by atoms with Gasteiger partial charge < -0.3 is 5.32 Å². The number of anilines is 1. The summed E-state index contributed by atoms with van der Waals surface area (Å²) in [4.78, 5) is 9.30. The molecule has 21 heavy (non-hydrogen) atoms. The van der Waals surface area contributed by atoms with E-state index in [4.69, 9.17) is 0 Å². The molecule has 3 rings (SSSR count). The van der Waals surface area contributed by atoms with E-state index in [1.165, 1.54) is 11.1 Å². The summed E-state index contributed by atoms with van der Waals surface area (Å²) in [5.74, 6) is 0.849. The zero-order valence-corrected chi connectivity index (χ0v) is 12.6. The van der Waals surface area contributed by atoms with Crippen LogP contribution in [0, 0.1) is 13.8 Å². The Balaban J connectivity index is 1.90. The van der Waals surface area contributed by atoms with Crippen LogP contribution in [0.25, 0.3) is 11.0 Å². The number of hydrogen-bond acceptors (Lipinski definition) is 3. The molecule has 1 N–H and O–H groups in total. The summed E-state index contributed by atoms with van der Waals surface area (Å²) in [7, 11) is 0. The molecular formula is C18H19N3. The van der Waals surface area contributed by atoms with Crippen LogP contribution in [-0.4, -0.2) is 9.97 Å². The van der Waals surface area contributed by atoms with Gasteiger partial charge in [0.2, 0.25) is 0 Å². The fraction of sp³-hybridized carbons (Fsp3) is 0.222. The Morgan fingerprint density at radius 3 is 2.14 bits per heavy atom. The SMILES string of the molecule is Cc1ccc(C(C)Nc2nc3ccccc3nc2C)cc1. The first-order valence-corrected chi connectivity index (χ1v) is 7.20. The van der Waals surface area contributed by atoms with Crippen molar-refractivity contribution in [1.29, 1.82) is 0 Å². The number of aromatic nitrogens is 2. The monoisotopic (exact) mass is 277 g/mol. The van der Waals surface area contributed by atoms with Gasteiger partial charge in [-0.3, -0.25) is 0 Å². The van der Waals surface area contributed by atoms with Gasteiger partial charge in [-0.05, 0) is 38.5 Å². The van der Waals surface area contributed by atoms with E-state index in [0.29, 0.717) is 0 Å². The van der Waals surface area contributed by atoms with Crippen LogP contribution in [0.5, 0.6) is 0 Å². The molecule has 1 aromatic heterocycles. The molecule has 1 unspecified atom stereocenters. The number of nitrogens with one attached hydrogen (secondary N) is 1. The summed E-state index contributed by atoms with van der Waals surface area (Å²) < 4.78 is 0. The van der Waals surface area contributed by atoms with E-state index in [1.54, 1.807) is 0 Å². The van der Waals surface area contributed by atoms with Gasteiger partial charge in [0, 0.05) is 0 Å². The molecule has 0 saturated heterocycles. The van der Waals surface area contributed by atoms with Crippen LogP contribution in [0.1, 0.15) is 29.8 Å². The lowest BCUT2D eigenvalue weighted by Gasteiger charge is -2.17.